The van der Waals surface area contributed by atoms with E-state index in [4.69, 9.17) is 0 Å². The Balaban J connectivity index is 1.69. The largest absolute Gasteiger partial charge is 0.314 e. The first kappa shape index (κ1) is 16.3. The second-order valence-corrected chi connectivity index (χ2v) is 7.54. The Morgan fingerprint density at radius 3 is 2.80 bits per heavy atom. The molecule has 118 valence electrons. The molecule has 1 heterocycles. The van der Waals surface area contributed by atoms with Crippen LogP contribution < -0.4 is 5.32 Å². The monoisotopic (exact) mass is 280 g/mol. The molecule has 2 nitrogen and oxygen atoms in total. The highest BCUT2D eigenvalue weighted by molar-refractivity contribution is 4.82. The van der Waals surface area contributed by atoms with Gasteiger partial charge in [-0.25, -0.2) is 0 Å². The van der Waals surface area contributed by atoms with Crippen molar-refractivity contribution >= 4 is 0 Å². The molecular formula is C18H36N2. The fourth-order valence-corrected chi connectivity index (χ4v) is 4.28. The third kappa shape index (κ3) is 5.04. The number of hydrogen-bond donors (Lipinski definition) is 1. The smallest absolute Gasteiger partial charge is 0.00793 e. The Hall–Kier alpha value is -0.0800. The van der Waals surface area contributed by atoms with Crippen LogP contribution in [0.5, 0.6) is 0 Å². The van der Waals surface area contributed by atoms with E-state index in [2.05, 4.69) is 31.0 Å². The minimum atomic E-state index is 0.701. The second-order valence-electron chi connectivity index (χ2n) is 7.54. The first-order chi connectivity index (χ1) is 9.69. The highest BCUT2D eigenvalue weighted by Crippen LogP contribution is 2.28. The van der Waals surface area contributed by atoms with Crippen LogP contribution in [0.2, 0.25) is 0 Å². The van der Waals surface area contributed by atoms with Gasteiger partial charge in [0.2, 0.25) is 0 Å². The molecule has 1 N–H and O–H groups in total. The number of hydrogen-bond acceptors (Lipinski definition) is 2. The van der Waals surface area contributed by atoms with Crippen LogP contribution in [0.3, 0.4) is 0 Å². The maximum absolute atomic E-state index is 3.88. The van der Waals surface area contributed by atoms with E-state index in [9.17, 15) is 0 Å². The van der Waals surface area contributed by atoms with E-state index in [0.29, 0.717) is 6.04 Å². The Morgan fingerprint density at radius 1 is 1.20 bits per heavy atom. The minimum Gasteiger partial charge on any atom is -0.314 e. The Morgan fingerprint density at radius 2 is 2.05 bits per heavy atom. The van der Waals surface area contributed by atoms with Crippen LogP contribution >= 0.6 is 0 Å². The summed E-state index contributed by atoms with van der Waals surface area (Å²) >= 11 is 0. The van der Waals surface area contributed by atoms with Crippen molar-refractivity contribution in [3.63, 3.8) is 0 Å². The fraction of sp³-hybridized carbons (Fsp3) is 1.00. The molecule has 0 aromatic heterocycles. The molecule has 0 amide bonds. The van der Waals surface area contributed by atoms with Crippen molar-refractivity contribution in [1.82, 2.24) is 10.2 Å². The minimum absolute atomic E-state index is 0.701. The predicted molar refractivity (Wildman–Crippen MR) is 88.0 cm³/mol. The first-order valence-corrected chi connectivity index (χ1v) is 9.14. The molecule has 2 aliphatic rings. The number of nitrogens with zero attached hydrogens (tertiary/aromatic N) is 1. The Bertz CT molecular complexity index is 264. The lowest BCUT2D eigenvalue weighted by Gasteiger charge is -2.37. The van der Waals surface area contributed by atoms with Crippen molar-refractivity contribution in [2.24, 2.45) is 17.8 Å². The molecule has 1 saturated heterocycles. The zero-order valence-corrected chi connectivity index (χ0v) is 14.0. The summed E-state index contributed by atoms with van der Waals surface area (Å²) < 4.78 is 0. The molecule has 1 aliphatic heterocycles. The lowest BCUT2D eigenvalue weighted by molar-refractivity contribution is 0.146. The van der Waals surface area contributed by atoms with Crippen molar-refractivity contribution in [1.29, 1.82) is 0 Å². The number of piperidine rings is 1. The molecule has 2 fully saturated rings. The van der Waals surface area contributed by atoms with E-state index in [1.54, 1.807) is 0 Å². The molecule has 0 bridgehead atoms. The molecule has 0 spiro atoms. The van der Waals surface area contributed by atoms with Crippen molar-refractivity contribution in [3.05, 3.63) is 0 Å². The zero-order chi connectivity index (χ0) is 14.4. The van der Waals surface area contributed by atoms with Crippen LogP contribution in [0.25, 0.3) is 0 Å². The normalized spacial score (nSPS) is 34.0. The van der Waals surface area contributed by atoms with Gasteiger partial charge in [-0.05, 0) is 76.4 Å². The average molecular weight is 280 g/mol. The maximum atomic E-state index is 3.88. The Kier molecular flexibility index (Phi) is 6.83. The lowest BCUT2D eigenvalue weighted by atomic mass is 9.82. The van der Waals surface area contributed by atoms with Gasteiger partial charge in [0.05, 0.1) is 0 Å². The van der Waals surface area contributed by atoms with Gasteiger partial charge in [-0.15, -0.1) is 0 Å². The summed E-state index contributed by atoms with van der Waals surface area (Å²) in [6.07, 6.45) is 9.94. The molecule has 20 heavy (non-hydrogen) atoms. The lowest BCUT2D eigenvalue weighted by Crippen LogP contribution is -2.45. The molecule has 4 atom stereocenters. The van der Waals surface area contributed by atoms with Gasteiger partial charge < -0.3 is 10.2 Å². The zero-order valence-electron chi connectivity index (χ0n) is 14.0. The van der Waals surface area contributed by atoms with Crippen molar-refractivity contribution in [2.75, 3.05) is 26.2 Å². The number of likely N-dealkylation sites (tertiary alicyclic amines) is 1. The summed E-state index contributed by atoms with van der Waals surface area (Å²) in [5.74, 6) is 2.77. The third-order valence-electron chi connectivity index (χ3n) is 5.56. The molecular weight excluding hydrogens is 244 g/mol. The van der Waals surface area contributed by atoms with E-state index in [0.717, 1.165) is 17.8 Å². The topological polar surface area (TPSA) is 15.3 Å². The first-order valence-electron chi connectivity index (χ1n) is 9.14. The number of nitrogens with one attached hydrogen (secondary N) is 1. The second kappa shape index (κ2) is 8.38. The van der Waals surface area contributed by atoms with E-state index in [-0.39, 0.29) is 0 Å². The average Bonchev–Trinajstić information content (AvgIpc) is 2.45. The molecule has 0 aromatic rings. The summed E-state index contributed by atoms with van der Waals surface area (Å²) in [6, 6.07) is 0.701. The summed E-state index contributed by atoms with van der Waals surface area (Å²) in [5, 5.41) is 3.88. The molecule has 4 unspecified atom stereocenters. The molecule has 1 saturated carbocycles. The summed E-state index contributed by atoms with van der Waals surface area (Å²) in [7, 11) is 0. The predicted octanol–water partition coefficient (Wildman–Crippen LogP) is 3.91. The quantitative estimate of drug-likeness (QED) is 0.793. The number of rotatable bonds is 6. The molecule has 1 aliphatic carbocycles. The van der Waals surface area contributed by atoms with Gasteiger partial charge >= 0.3 is 0 Å². The maximum Gasteiger partial charge on any atom is 0.00793 e. The molecule has 2 rings (SSSR count). The van der Waals surface area contributed by atoms with Gasteiger partial charge in [0.1, 0.15) is 0 Å². The molecule has 2 heteroatoms. The third-order valence-corrected chi connectivity index (χ3v) is 5.56. The van der Waals surface area contributed by atoms with Crippen LogP contribution in [-0.4, -0.2) is 37.1 Å². The molecule has 0 aromatic carbocycles. The van der Waals surface area contributed by atoms with Gasteiger partial charge in [0.15, 0.2) is 0 Å². The highest BCUT2D eigenvalue weighted by Gasteiger charge is 2.25. The van der Waals surface area contributed by atoms with Crippen molar-refractivity contribution in [3.8, 4) is 0 Å². The highest BCUT2D eigenvalue weighted by atomic mass is 15.1. The van der Waals surface area contributed by atoms with E-state index >= 15 is 0 Å². The van der Waals surface area contributed by atoms with Gasteiger partial charge in [-0.3, -0.25) is 0 Å². The molecule has 0 radical (unpaired) electrons. The van der Waals surface area contributed by atoms with Gasteiger partial charge in [-0.1, -0.05) is 26.7 Å². The van der Waals surface area contributed by atoms with Gasteiger partial charge in [0, 0.05) is 12.6 Å². The van der Waals surface area contributed by atoms with Crippen LogP contribution in [0.1, 0.15) is 65.7 Å². The van der Waals surface area contributed by atoms with Crippen LogP contribution in [0.4, 0.5) is 0 Å². The summed E-state index contributed by atoms with van der Waals surface area (Å²) in [6.45, 7) is 12.4. The van der Waals surface area contributed by atoms with Crippen LogP contribution in [0.15, 0.2) is 0 Å². The van der Waals surface area contributed by atoms with E-state index < -0.39 is 0 Å². The Labute approximate surface area is 126 Å². The summed E-state index contributed by atoms with van der Waals surface area (Å²) in [4.78, 5) is 2.68. The van der Waals surface area contributed by atoms with Gasteiger partial charge in [-0.2, -0.15) is 0 Å². The SMILES string of the molecule is CCCN1CCCC(C(C)NCC2CCCC(C)C2)C1. The summed E-state index contributed by atoms with van der Waals surface area (Å²) in [5.41, 5.74) is 0. The van der Waals surface area contributed by atoms with E-state index in [1.807, 2.05) is 0 Å². The van der Waals surface area contributed by atoms with Crippen molar-refractivity contribution < 1.29 is 0 Å². The van der Waals surface area contributed by atoms with Crippen LogP contribution in [0, 0.1) is 17.8 Å². The standard InChI is InChI=1S/C18H36N2/c1-4-10-20-11-6-9-18(14-20)16(3)19-13-17-8-5-7-15(2)12-17/h15-19H,4-14H2,1-3H3. The fourth-order valence-electron chi connectivity index (χ4n) is 4.28. The van der Waals surface area contributed by atoms with E-state index in [1.165, 1.54) is 71.1 Å². The van der Waals surface area contributed by atoms with Gasteiger partial charge in [0.25, 0.3) is 0 Å². The van der Waals surface area contributed by atoms with Crippen LogP contribution in [-0.2, 0) is 0 Å². The van der Waals surface area contributed by atoms with Crippen molar-refractivity contribution in [2.45, 2.75) is 71.8 Å².